The highest BCUT2D eigenvalue weighted by Crippen LogP contribution is 2.15. The van der Waals surface area contributed by atoms with Gasteiger partial charge in [-0.2, -0.15) is 0 Å². The molecule has 0 amide bonds. The predicted molar refractivity (Wildman–Crippen MR) is 68.5 cm³/mol. The number of hydrogen-bond acceptors (Lipinski definition) is 4. The number of aromatic amines is 1. The van der Waals surface area contributed by atoms with Crippen LogP contribution in [0.1, 0.15) is 5.56 Å². The van der Waals surface area contributed by atoms with Crippen LogP contribution in [-0.4, -0.2) is 14.5 Å². The molecule has 0 saturated carbocycles. The molecule has 7 nitrogen and oxygen atoms in total. The van der Waals surface area contributed by atoms with E-state index in [4.69, 9.17) is 11.6 Å². The average Bonchev–Trinajstić information content (AvgIpc) is 2.35. The number of aromatic nitrogens is 2. The quantitative estimate of drug-likeness (QED) is 0.682. The molecule has 9 heteroatoms. The summed E-state index contributed by atoms with van der Waals surface area (Å²) in [6, 6.07) is 3.83. The first kappa shape index (κ1) is 13.9. The molecule has 0 unspecified atom stereocenters. The van der Waals surface area contributed by atoms with Gasteiger partial charge in [0.25, 0.3) is 0 Å². The normalized spacial score (nSPS) is 10.5. The number of H-pyrrole nitrogens is 1. The van der Waals surface area contributed by atoms with E-state index in [1.807, 2.05) is 0 Å². The van der Waals surface area contributed by atoms with Crippen molar-refractivity contribution in [1.82, 2.24) is 9.55 Å². The van der Waals surface area contributed by atoms with E-state index in [0.29, 0.717) is 0 Å². The van der Waals surface area contributed by atoms with Crippen LogP contribution in [0.15, 0.2) is 34.0 Å². The summed E-state index contributed by atoms with van der Waals surface area (Å²) in [5, 5.41) is 10.8. The van der Waals surface area contributed by atoms with Gasteiger partial charge in [0.2, 0.25) is 0 Å². The van der Waals surface area contributed by atoms with Crippen molar-refractivity contribution in [1.29, 1.82) is 0 Å². The number of nitro groups is 1. The molecule has 2 aromatic rings. The molecule has 0 bridgehead atoms. The minimum atomic E-state index is -1.10. The number of rotatable bonds is 3. The lowest BCUT2D eigenvalue weighted by Crippen LogP contribution is -2.31. The largest absolute Gasteiger partial charge is 0.350 e. The number of hydrogen-bond donors (Lipinski definition) is 1. The Hall–Kier alpha value is -2.48. The van der Waals surface area contributed by atoms with Gasteiger partial charge < -0.3 is 0 Å². The van der Waals surface area contributed by atoms with Gasteiger partial charge in [-0.05, 0) is 12.1 Å². The van der Waals surface area contributed by atoms with Gasteiger partial charge in [0.05, 0.1) is 17.7 Å². The smallest absolute Gasteiger partial charge is 0.289 e. The SMILES string of the molecule is O=c1[nH]c(=O)n(Cc2ccc(Cl)cc2F)cc1[N+](=O)[O-]. The minimum Gasteiger partial charge on any atom is -0.289 e. The summed E-state index contributed by atoms with van der Waals surface area (Å²) >= 11 is 5.59. The predicted octanol–water partition coefficient (Wildman–Crippen LogP) is 1.29. The van der Waals surface area contributed by atoms with Crippen LogP contribution in [0.25, 0.3) is 0 Å². The Morgan fingerprint density at radius 3 is 2.70 bits per heavy atom. The molecule has 0 fully saturated rings. The van der Waals surface area contributed by atoms with E-state index in [0.717, 1.165) is 16.8 Å². The van der Waals surface area contributed by atoms with Crippen LogP contribution in [0.2, 0.25) is 5.02 Å². The lowest BCUT2D eigenvalue weighted by molar-refractivity contribution is -0.386. The fourth-order valence-electron chi connectivity index (χ4n) is 1.58. The summed E-state index contributed by atoms with van der Waals surface area (Å²) in [6.45, 7) is -0.264. The first-order valence-corrected chi connectivity index (χ1v) is 5.68. The van der Waals surface area contributed by atoms with Crippen molar-refractivity contribution in [3.63, 3.8) is 0 Å². The first-order chi connectivity index (χ1) is 9.38. The van der Waals surface area contributed by atoms with Crippen LogP contribution in [0, 0.1) is 15.9 Å². The Morgan fingerprint density at radius 1 is 1.40 bits per heavy atom. The highest BCUT2D eigenvalue weighted by atomic mass is 35.5. The molecular weight excluding hydrogens is 293 g/mol. The Morgan fingerprint density at radius 2 is 2.10 bits per heavy atom. The Bertz CT molecular complexity index is 799. The second kappa shape index (κ2) is 5.25. The fourth-order valence-corrected chi connectivity index (χ4v) is 1.74. The van der Waals surface area contributed by atoms with Crippen molar-refractivity contribution < 1.29 is 9.31 Å². The van der Waals surface area contributed by atoms with Crippen molar-refractivity contribution in [2.45, 2.75) is 6.54 Å². The van der Waals surface area contributed by atoms with E-state index in [-0.39, 0.29) is 17.1 Å². The van der Waals surface area contributed by atoms with Gasteiger partial charge in [0.15, 0.2) is 0 Å². The van der Waals surface area contributed by atoms with Crippen LogP contribution in [0.4, 0.5) is 10.1 Å². The zero-order valence-corrected chi connectivity index (χ0v) is 10.6. The summed E-state index contributed by atoms with van der Waals surface area (Å²) < 4.78 is 14.4. The third kappa shape index (κ3) is 2.75. The standard InChI is InChI=1S/C11H7ClFN3O4/c12-7-2-1-6(8(13)3-7)4-15-5-9(16(19)20)10(17)14-11(15)18/h1-3,5H,4H2,(H,14,17,18). The van der Waals surface area contributed by atoms with Gasteiger partial charge in [0.1, 0.15) is 5.82 Å². The van der Waals surface area contributed by atoms with Crippen molar-refractivity contribution in [3.05, 3.63) is 71.8 Å². The van der Waals surface area contributed by atoms with Crippen LogP contribution in [-0.2, 0) is 6.54 Å². The molecule has 1 heterocycles. The lowest BCUT2D eigenvalue weighted by Gasteiger charge is -2.06. The molecule has 0 aliphatic heterocycles. The summed E-state index contributed by atoms with van der Waals surface area (Å²) in [5.74, 6) is -0.654. The summed E-state index contributed by atoms with van der Waals surface area (Å²) in [5.41, 5.74) is -2.65. The molecule has 0 aliphatic carbocycles. The first-order valence-electron chi connectivity index (χ1n) is 5.30. The highest BCUT2D eigenvalue weighted by Gasteiger charge is 2.15. The van der Waals surface area contributed by atoms with E-state index in [2.05, 4.69) is 0 Å². The van der Waals surface area contributed by atoms with Crippen LogP contribution >= 0.6 is 11.6 Å². The number of nitrogens with zero attached hydrogens (tertiary/aromatic N) is 2. The summed E-state index contributed by atoms with van der Waals surface area (Å²) in [4.78, 5) is 34.2. The zero-order chi connectivity index (χ0) is 14.9. The monoisotopic (exact) mass is 299 g/mol. The minimum absolute atomic E-state index is 0.109. The molecule has 0 saturated heterocycles. The number of benzene rings is 1. The second-order valence-electron chi connectivity index (χ2n) is 3.89. The van der Waals surface area contributed by atoms with Gasteiger partial charge in [-0.1, -0.05) is 17.7 Å². The Kier molecular flexibility index (Phi) is 3.66. The van der Waals surface area contributed by atoms with Gasteiger partial charge >= 0.3 is 16.9 Å². The topological polar surface area (TPSA) is 98.0 Å². The van der Waals surface area contributed by atoms with E-state index in [1.54, 1.807) is 4.98 Å². The summed E-state index contributed by atoms with van der Waals surface area (Å²) in [7, 11) is 0. The maximum atomic E-state index is 13.6. The molecule has 1 aromatic carbocycles. The highest BCUT2D eigenvalue weighted by molar-refractivity contribution is 6.30. The van der Waals surface area contributed by atoms with E-state index in [1.165, 1.54) is 12.1 Å². The molecular formula is C11H7ClFN3O4. The van der Waals surface area contributed by atoms with E-state index < -0.39 is 27.7 Å². The van der Waals surface area contributed by atoms with Crippen LogP contribution in [0.5, 0.6) is 0 Å². The number of nitrogens with one attached hydrogen (secondary N) is 1. The Labute approximate surface area is 115 Å². The van der Waals surface area contributed by atoms with Gasteiger partial charge in [-0.25, -0.2) is 9.18 Å². The van der Waals surface area contributed by atoms with Gasteiger partial charge in [-0.15, -0.1) is 0 Å². The molecule has 104 valence electrons. The van der Waals surface area contributed by atoms with Gasteiger partial charge in [0, 0.05) is 10.6 Å². The lowest BCUT2D eigenvalue weighted by atomic mass is 10.2. The third-order valence-corrected chi connectivity index (χ3v) is 2.78. The fraction of sp³-hybridized carbons (Fsp3) is 0.0909. The number of halogens is 2. The van der Waals surface area contributed by atoms with Crippen molar-refractivity contribution in [2.24, 2.45) is 0 Å². The van der Waals surface area contributed by atoms with Crippen LogP contribution in [0.3, 0.4) is 0 Å². The maximum Gasteiger partial charge on any atom is 0.350 e. The maximum absolute atomic E-state index is 13.6. The average molecular weight is 300 g/mol. The van der Waals surface area contributed by atoms with Gasteiger partial charge in [-0.3, -0.25) is 24.5 Å². The van der Waals surface area contributed by atoms with Crippen molar-refractivity contribution in [3.8, 4) is 0 Å². The molecule has 1 aromatic heterocycles. The molecule has 2 rings (SSSR count). The summed E-state index contributed by atoms with van der Waals surface area (Å²) in [6.07, 6.45) is 0.773. The molecule has 0 spiro atoms. The van der Waals surface area contributed by atoms with E-state index in [9.17, 15) is 24.1 Å². The molecule has 0 atom stereocenters. The van der Waals surface area contributed by atoms with Crippen LogP contribution < -0.4 is 11.2 Å². The zero-order valence-electron chi connectivity index (χ0n) is 9.80. The molecule has 20 heavy (non-hydrogen) atoms. The molecule has 0 radical (unpaired) electrons. The molecule has 0 aliphatic rings. The molecule has 1 N–H and O–H groups in total. The van der Waals surface area contributed by atoms with Crippen molar-refractivity contribution >= 4 is 17.3 Å². The van der Waals surface area contributed by atoms with E-state index >= 15 is 0 Å². The Balaban J connectivity index is 2.48. The van der Waals surface area contributed by atoms with Crippen molar-refractivity contribution in [2.75, 3.05) is 0 Å². The second-order valence-corrected chi connectivity index (χ2v) is 4.33. The third-order valence-electron chi connectivity index (χ3n) is 2.54.